The highest BCUT2D eigenvalue weighted by atomic mass is 32.2. The molecule has 0 aliphatic heterocycles. The van der Waals surface area contributed by atoms with Gasteiger partial charge >= 0.3 is 0 Å². The molecule has 0 atom stereocenters. The lowest BCUT2D eigenvalue weighted by Crippen LogP contribution is -2.34. The second kappa shape index (κ2) is 5.97. The number of nitrogens with one attached hydrogen (secondary N) is 2. The van der Waals surface area contributed by atoms with Gasteiger partial charge in [0.2, 0.25) is 10.0 Å². The van der Waals surface area contributed by atoms with Crippen LogP contribution in [0.4, 0.5) is 5.82 Å². The van der Waals surface area contributed by atoms with Gasteiger partial charge in [0.05, 0.1) is 0 Å². The van der Waals surface area contributed by atoms with Crippen LogP contribution in [-0.4, -0.2) is 26.5 Å². The predicted octanol–water partition coefficient (Wildman–Crippen LogP) is 1.59. The lowest BCUT2D eigenvalue weighted by atomic mass is 10.2. The third-order valence-corrected chi connectivity index (χ3v) is 4.16. The quantitative estimate of drug-likeness (QED) is 0.812. The van der Waals surface area contributed by atoms with Crippen molar-refractivity contribution >= 4 is 15.8 Å². The Kier molecular flexibility index (Phi) is 4.89. The van der Waals surface area contributed by atoms with Crippen LogP contribution in [0, 0.1) is 0 Å². The van der Waals surface area contributed by atoms with Crippen LogP contribution >= 0.6 is 0 Å². The van der Waals surface area contributed by atoms with Crippen LogP contribution in [-0.2, 0) is 10.0 Å². The lowest BCUT2D eigenvalue weighted by molar-refractivity contribution is 0.530. The molecule has 0 spiro atoms. The molecule has 0 aliphatic carbocycles. The molecular weight excluding hydrogens is 238 g/mol. The topological polar surface area (TPSA) is 71.1 Å². The van der Waals surface area contributed by atoms with E-state index < -0.39 is 10.0 Å². The van der Waals surface area contributed by atoms with Gasteiger partial charge in [-0.05, 0) is 25.0 Å². The smallest absolute Gasteiger partial charge is 0.244 e. The van der Waals surface area contributed by atoms with E-state index >= 15 is 0 Å². The van der Waals surface area contributed by atoms with Gasteiger partial charge in [0.1, 0.15) is 10.7 Å². The molecule has 1 heterocycles. The summed E-state index contributed by atoms with van der Waals surface area (Å²) in [4.78, 5) is 4.18. The van der Waals surface area contributed by atoms with Crippen LogP contribution in [0.5, 0.6) is 0 Å². The van der Waals surface area contributed by atoms with E-state index in [0.29, 0.717) is 5.82 Å². The van der Waals surface area contributed by atoms with Crippen molar-refractivity contribution in [1.29, 1.82) is 0 Å². The number of nitrogens with zero attached hydrogens (tertiary/aromatic N) is 1. The van der Waals surface area contributed by atoms with Crippen molar-refractivity contribution in [1.82, 2.24) is 9.71 Å². The van der Waals surface area contributed by atoms with Crippen molar-refractivity contribution in [2.45, 2.75) is 37.6 Å². The second-order valence-corrected chi connectivity index (χ2v) is 5.42. The first-order valence-electron chi connectivity index (χ1n) is 5.70. The zero-order valence-electron chi connectivity index (χ0n) is 10.4. The van der Waals surface area contributed by atoms with Crippen LogP contribution in [0.25, 0.3) is 0 Å². The van der Waals surface area contributed by atoms with Crippen molar-refractivity contribution in [3.8, 4) is 0 Å². The summed E-state index contributed by atoms with van der Waals surface area (Å²) in [6.45, 7) is 3.91. The van der Waals surface area contributed by atoms with Gasteiger partial charge in [0.15, 0.2) is 0 Å². The van der Waals surface area contributed by atoms with Crippen LogP contribution in [0.3, 0.4) is 0 Å². The standard InChI is InChI=1S/C11H19N3O2S/c1-4-9(5-2)14-17(15,16)10-7-6-8-13-11(10)12-3/h6-9,14H,4-5H2,1-3H3,(H,12,13). The van der Waals surface area contributed by atoms with Crippen molar-refractivity contribution in [2.24, 2.45) is 0 Å². The molecule has 1 aromatic heterocycles. The summed E-state index contributed by atoms with van der Waals surface area (Å²) in [6.07, 6.45) is 3.09. The molecule has 0 radical (unpaired) electrons. The van der Waals surface area contributed by atoms with E-state index in [9.17, 15) is 8.42 Å². The fourth-order valence-corrected chi connectivity index (χ4v) is 3.10. The lowest BCUT2D eigenvalue weighted by Gasteiger charge is -2.16. The summed E-state index contributed by atoms with van der Waals surface area (Å²) in [5.74, 6) is 0.367. The molecule has 17 heavy (non-hydrogen) atoms. The normalized spacial score (nSPS) is 11.8. The molecule has 0 unspecified atom stereocenters. The Labute approximate surface area is 103 Å². The van der Waals surface area contributed by atoms with Gasteiger partial charge in [-0.15, -0.1) is 0 Å². The van der Waals surface area contributed by atoms with Gasteiger partial charge in [-0.2, -0.15) is 0 Å². The Morgan fingerprint density at radius 3 is 2.53 bits per heavy atom. The zero-order chi connectivity index (χ0) is 12.9. The molecule has 0 aliphatic rings. The Morgan fingerprint density at radius 2 is 2.00 bits per heavy atom. The highest BCUT2D eigenvalue weighted by Gasteiger charge is 2.21. The van der Waals surface area contributed by atoms with Gasteiger partial charge in [0, 0.05) is 19.3 Å². The van der Waals surface area contributed by atoms with Crippen molar-refractivity contribution in [3.63, 3.8) is 0 Å². The van der Waals surface area contributed by atoms with E-state index in [1.165, 1.54) is 0 Å². The minimum atomic E-state index is -3.50. The average molecular weight is 257 g/mol. The van der Waals surface area contributed by atoms with Gasteiger partial charge < -0.3 is 5.32 Å². The molecule has 6 heteroatoms. The fourth-order valence-electron chi connectivity index (χ4n) is 1.53. The molecule has 0 saturated carbocycles. The maximum atomic E-state index is 12.1. The molecule has 0 aromatic carbocycles. The van der Waals surface area contributed by atoms with E-state index in [-0.39, 0.29) is 10.9 Å². The summed E-state index contributed by atoms with van der Waals surface area (Å²) in [5.41, 5.74) is 0. The van der Waals surface area contributed by atoms with E-state index in [1.807, 2.05) is 13.8 Å². The van der Waals surface area contributed by atoms with Crippen molar-refractivity contribution in [3.05, 3.63) is 18.3 Å². The molecule has 5 nitrogen and oxygen atoms in total. The van der Waals surface area contributed by atoms with Gasteiger partial charge in [-0.25, -0.2) is 18.1 Å². The number of hydrogen-bond acceptors (Lipinski definition) is 4. The van der Waals surface area contributed by atoms with E-state index in [0.717, 1.165) is 12.8 Å². The van der Waals surface area contributed by atoms with Crippen LogP contribution in [0.2, 0.25) is 0 Å². The van der Waals surface area contributed by atoms with Crippen molar-refractivity contribution < 1.29 is 8.42 Å². The number of aromatic nitrogens is 1. The first kappa shape index (κ1) is 13.9. The first-order chi connectivity index (χ1) is 8.05. The number of hydrogen-bond donors (Lipinski definition) is 2. The summed E-state index contributed by atoms with van der Waals surface area (Å²) in [7, 11) is -1.85. The Bertz CT molecular complexity index is 456. The fraction of sp³-hybridized carbons (Fsp3) is 0.545. The largest absolute Gasteiger partial charge is 0.372 e. The van der Waals surface area contributed by atoms with Crippen LogP contribution < -0.4 is 10.0 Å². The van der Waals surface area contributed by atoms with E-state index in [4.69, 9.17) is 0 Å². The molecule has 1 aromatic rings. The molecule has 0 fully saturated rings. The maximum Gasteiger partial charge on any atom is 0.244 e. The molecule has 2 N–H and O–H groups in total. The summed E-state index contributed by atoms with van der Waals surface area (Å²) < 4.78 is 27.0. The monoisotopic (exact) mass is 257 g/mol. The molecule has 0 bridgehead atoms. The van der Waals surface area contributed by atoms with Crippen LogP contribution in [0.15, 0.2) is 23.2 Å². The SMILES string of the molecule is CCC(CC)NS(=O)(=O)c1cccnc1NC. The highest BCUT2D eigenvalue weighted by Crippen LogP contribution is 2.18. The van der Waals surface area contributed by atoms with Gasteiger partial charge in [-0.3, -0.25) is 0 Å². The van der Waals surface area contributed by atoms with Gasteiger partial charge in [-0.1, -0.05) is 13.8 Å². The number of pyridine rings is 1. The van der Waals surface area contributed by atoms with E-state index in [1.54, 1.807) is 25.4 Å². The minimum Gasteiger partial charge on any atom is -0.372 e. The Hall–Kier alpha value is -1.14. The van der Waals surface area contributed by atoms with E-state index in [2.05, 4.69) is 15.0 Å². The number of sulfonamides is 1. The average Bonchev–Trinajstić information content (AvgIpc) is 2.35. The highest BCUT2D eigenvalue weighted by molar-refractivity contribution is 7.89. The molecule has 96 valence electrons. The molecular formula is C11H19N3O2S. The Balaban J connectivity index is 3.04. The number of rotatable bonds is 6. The second-order valence-electron chi connectivity index (χ2n) is 3.73. The summed E-state index contributed by atoms with van der Waals surface area (Å²) in [5, 5.41) is 2.78. The zero-order valence-corrected chi connectivity index (χ0v) is 11.2. The predicted molar refractivity (Wildman–Crippen MR) is 68.5 cm³/mol. The summed E-state index contributed by atoms with van der Waals surface area (Å²) in [6, 6.07) is 3.12. The first-order valence-corrected chi connectivity index (χ1v) is 7.18. The van der Waals surface area contributed by atoms with Crippen molar-refractivity contribution in [2.75, 3.05) is 12.4 Å². The minimum absolute atomic E-state index is 0.0371. The summed E-state index contributed by atoms with van der Waals surface area (Å²) >= 11 is 0. The third kappa shape index (κ3) is 3.41. The molecule has 0 amide bonds. The van der Waals surface area contributed by atoms with Crippen LogP contribution in [0.1, 0.15) is 26.7 Å². The molecule has 0 saturated heterocycles. The number of anilines is 1. The Morgan fingerprint density at radius 1 is 1.35 bits per heavy atom. The maximum absolute atomic E-state index is 12.1. The van der Waals surface area contributed by atoms with Gasteiger partial charge in [0.25, 0.3) is 0 Å². The molecule has 1 rings (SSSR count). The third-order valence-electron chi connectivity index (χ3n) is 2.60.